The normalized spacial score (nSPS) is 10.3. The molecule has 0 atom stereocenters. The molecule has 0 heterocycles. The monoisotopic (exact) mass is 212 g/mol. The molecule has 0 aromatic heterocycles. The minimum atomic E-state index is 0.760. The predicted molar refractivity (Wildman–Crippen MR) is 69.3 cm³/mol. The number of hydrogen-bond donors (Lipinski definition) is 2. The van der Waals surface area contributed by atoms with Crippen molar-refractivity contribution in [3.8, 4) is 0 Å². The summed E-state index contributed by atoms with van der Waals surface area (Å²) in [7, 11) is 0. The van der Waals surface area contributed by atoms with Crippen LogP contribution in [0.2, 0.25) is 0 Å². The Hall–Kier alpha value is -1.96. The number of anilines is 2. The molecule has 0 amide bonds. The fourth-order valence-corrected chi connectivity index (χ4v) is 1.70. The maximum absolute atomic E-state index is 5.91. The van der Waals surface area contributed by atoms with Crippen LogP contribution in [-0.2, 0) is 6.42 Å². The van der Waals surface area contributed by atoms with Crippen molar-refractivity contribution in [2.45, 2.75) is 13.3 Å². The Balaban J connectivity index is 2.26. The number of benzene rings is 2. The summed E-state index contributed by atoms with van der Waals surface area (Å²) in [4.78, 5) is 0. The Bertz CT molecular complexity index is 487. The highest BCUT2D eigenvalue weighted by Crippen LogP contribution is 2.19. The number of hydrogen-bond acceptors (Lipinski definition) is 2. The summed E-state index contributed by atoms with van der Waals surface area (Å²) in [6.07, 6.45) is 0.831. The number of aryl methyl sites for hydroxylation is 1. The van der Waals surface area contributed by atoms with Crippen molar-refractivity contribution in [2.75, 3.05) is 11.5 Å². The molecule has 0 radical (unpaired) electrons. The molecule has 2 aromatic carbocycles. The zero-order chi connectivity index (χ0) is 11.5. The lowest BCUT2D eigenvalue weighted by Crippen LogP contribution is -1.97. The van der Waals surface area contributed by atoms with Crippen LogP contribution in [0.1, 0.15) is 16.7 Å². The van der Waals surface area contributed by atoms with Gasteiger partial charge in [0.2, 0.25) is 0 Å². The summed E-state index contributed by atoms with van der Waals surface area (Å²) in [5.74, 6) is 0. The summed E-state index contributed by atoms with van der Waals surface area (Å²) in [5, 5.41) is 0. The molecule has 0 unspecified atom stereocenters. The second-order valence-corrected chi connectivity index (χ2v) is 4.12. The standard InChI is InChI=1S/C14H16N2/c1-10-2-4-11(5-3-10)8-12-9-13(15)6-7-14(12)16/h2-7,9H,8,15-16H2,1H3. The molecule has 0 saturated carbocycles. The molecule has 2 rings (SSSR count). The highest BCUT2D eigenvalue weighted by molar-refractivity contribution is 5.56. The lowest BCUT2D eigenvalue weighted by atomic mass is 10.0. The molecule has 0 saturated heterocycles. The predicted octanol–water partition coefficient (Wildman–Crippen LogP) is 2.75. The Morgan fingerprint density at radius 1 is 0.938 bits per heavy atom. The molecule has 2 nitrogen and oxygen atoms in total. The van der Waals surface area contributed by atoms with E-state index >= 15 is 0 Å². The molecule has 0 fully saturated rings. The van der Waals surface area contributed by atoms with Crippen LogP contribution in [0.3, 0.4) is 0 Å². The van der Waals surface area contributed by atoms with Crippen LogP contribution in [0, 0.1) is 6.92 Å². The van der Waals surface area contributed by atoms with Crippen LogP contribution in [0.4, 0.5) is 11.4 Å². The molecule has 0 bridgehead atoms. The molecule has 2 aromatic rings. The molecule has 2 heteroatoms. The third-order valence-corrected chi connectivity index (χ3v) is 2.68. The van der Waals surface area contributed by atoms with Gasteiger partial charge in [0.15, 0.2) is 0 Å². The van der Waals surface area contributed by atoms with E-state index in [1.807, 2.05) is 18.2 Å². The van der Waals surface area contributed by atoms with Crippen molar-refractivity contribution in [3.63, 3.8) is 0 Å². The van der Waals surface area contributed by atoms with Gasteiger partial charge in [0.25, 0.3) is 0 Å². The lowest BCUT2D eigenvalue weighted by Gasteiger charge is -2.07. The zero-order valence-electron chi connectivity index (χ0n) is 9.40. The van der Waals surface area contributed by atoms with Crippen molar-refractivity contribution < 1.29 is 0 Å². The number of nitrogens with two attached hydrogens (primary N) is 2. The van der Waals surface area contributed by atoms with Gasteiger partial charge >= 0.3 is 0 Å². The first-order valence-electron chi connectivity index (χ1n) is 5.34. The maximum atomic E-state index is 5.91. The van der Waals surface area contributed by atoms with Gasteiger partial charge in [0, 0.05) is 11.4 Å². The van der Waals surface area contributed by atoms with Gasteiger partial charge in [0.1, 0.15) is 0 Å². The van der Waals surface area contributed by atoms with Crippen molar-refractivity contribution in [3.05, 3.63) is 59.2 Å². The van der Waals surface area contributed by atoms with E-state index in [-0.39, 0.29) is 0 Å². The van der Waals surface area contributed by atoms with Gasteiger partial charge < -0.3 is 11.5 Å². The minimum Gasteiger partial charge on any atom is -0.399 e. The minimum absolute atomic E-state index is 0.760. The Kier molecular flexibility index (Phi) is 2.82. The zero-order valence-corrected chi connectivity index (χ0v) is 9.40. The highest BCUT2D eigenvalue weighted by Gasteiger charge is 2.01. The molecule has 4 N–H and O–H groups in total. The van der Waals surface area contributed by atoms with Crippen LogP contribution in [0.15, 0.2) is 42.5 Å². The van der Waals surface area contributed by atoms with E-state index in [1.54, 1.807) is 0 Å². The van der Waals surface area contributed by atoms with Gasteiger partial charge in [-0.15, -0.1) is 0 Å². The van der Waals surface area contributed by atoms with Crippen molar-refractivity contribution in [2.24, 2.45) is 0 Å². The molecule has 82 valence electrons. The Morgan fingerprint density at radius 3 is 2.31 bits per heavy atom. The Labute approximate surface area is 95.9 Å². The first-order chi connectivity index (χ1) is 7.65. The highest BCUT2D eigenvalue weighted by atomic mass is 14.6. The van der Waals surface area contributed by atoms with Crippen molar-refractivity contribution in [1.29, 1.82) is 0 Å². The van der Waals surface area contributed by atoms with Gasteiger partial charge in [0.05, 0.1) is 0 Å². The quantitative estimate of drug-likeness (QED) is 0.752. The van der Waals surface area contributed by atoms with Crippen LogP contribution in [-0.4, -0.2) is 0 Å². The molecular weight excluding hydrogens is 196 g/mol. The van der Waals surface area contributed by atoms with Crippen LogP contribution in [0.5, 0.6) is 0 Å². The smallest absolute Gasteiger partial charge is 0.0351 e. The Morgan fingerprint density at radius 2 is 1.62 bits per heavy atom. The van der Waals surface area contributed by atoms with Gasteiger partial charge in [-0.25, -0.2) is 0 Å². The van der Waals surface area contributed by atoms with E-state index in [9.17, 15) is 0 Å². The first-order valence-corrected chi connectivity index (χ1v) is 5.34. The SMILES string of the molecule is Cc1ccc(Cc2cc(N)ccc2N)cc1. The van der Waals surface area contributed by atoms with E-state index in [0.29, 0.717) is 0 Å². The van der Waals surface area contributed by atoms with Gasteiger partial charge in [-0.05, 0) is 42.7 Å². The molecule has 16 heavy (non-hydrogen) atoms. The maximum Gasteiger partial charge on any atom is 0.0351 e. The number of rotatable bonds is 2. The second kappa shape index (κ2) is 4.27. The number of nitrogen functional groups attached to an aromatic ring is 2. The third-order valence-electron chi connectivity index (χ3n) is 2.68. The van der Waals surface area contributed by atoms with E-state index in [4.69, 9.17) is 11.5 Å². The fourth-order valence-electron chi connectivity index (χ4n) is 1.70. The molecule has 0 aliphatic carbocycles. The van der Waals surface area contributed by atoms with E-state index in [2.05, 4.69) is 31.2 Å². The third kappa shape index (κ3) is 2.34. The second-order valence-electron chi connectivity index (χ2n) is 4.12. The summed E-state index contributed by atoms with van der Waals surface area (Å²) >= 11 is 0. The molecular formula is C14H16N2. The van der Waals surface area contributed by atoms with E-state index < -0.39 is 0 Å². The molecule has 0 spiro atoms. The van der Waals surface area contributed by atoms with Crippen LogP contribution in [0.25, 0.3) is 0 Å². The summed E-state index contributed by atoms with van der Waals surface area (Å²) in [6.45, 7) is 2.08. The summed E-state index contributed by atoms with van der Waals surface area (Å²) < 4.78 is 0. The van der Waals surface area contributed by atoms with Crippen LogP contribution >= 0.6 is 0 Å². The first kappa shape index (κ1) is 10.6. The fraction of sp³-hybridized carbons (Fsp3) is 0.143. The van der Waals surface area contributed by atoms with Crippen molar-refractivity contribution >= 4 is 11.4 Å². The molecule has 0 aliphatic heterocycles. The average molecular weight is 212 g/mol. The average Bonchev–Trinajstić information content (AvgIpc) is 2.27. The van der Waals surface area contributed by atoms with E-state index in [0.717, 1.165) is 23.4 Å². The van der Waals surface area contributed by atoms with Crippen molar-refractivity contribution in [1.82, 2.24) is 0 Å². The van der Waals surface area contributed by atoms with Gasteiger partial charge in [-0.2, -0.15) is 0 Å². The lowest BCUT2D eigenvalue weighted by molar-refractivity contribution is 1.19. The van der Waals surface area contributed by atoms with Gasteiger partial charge in [-0.3, -0.25) is 0 Å². The van der Waals surface area contributed by atoms with Gasteiger partial charge in [-0.1, -0.05) is 29.8 Å². The van der Waals surface area contributed by atoms with Crippen LogP contribution < -0.4 is 11.5 Å². The molecule has 0 aliphatic rings. The largest absolute Gasteiger partial charge is 0.399 e. The summed E-state index contributed by atoms with van der Waals surface area (Å²) in [5.41, 5.74) is 16.8. The summed E-state index contributed by atoms with van der Waals surface area (Å²) in [6, 6.07) is 14.1. The van der Waals surface area contributed by atoms with E-state index in [1.165, 1.54) is 11.1 Å². The topological polar surface area (TPSA) is 52.0 Å².